The Hall–Kier alpha value is -1.53. The van der Waals surface area contributed by atoms with E-state index in [-0.39, 0.29) is 35.0 Å². The molecular weight excluding hydrogens is 202 g/mol. The molecule has 0 aliphatic rings. The number of halogens is 1. The molecule has 72 valence electrons. The van der Waals surface area contributed by atoms with Gasteiger partial charge in [0.1, 0.15) is 11.8 Å². The number of alkyl halides is 1. The van der Waals surface area contributed by atoms with E-state index in [4.69, 9.17) is 16.9 Å². The van der Waals surface area contributed by atoms with Crippen LogP contribution in [0.15, 0.2) is 18.2 Å². The molecule has 0 heterocycles. The fourth-order valence-electron chi connectivity index (χ4n) is 1.08. The number of carbonyl (C=O) groups excluding carboxylic acids is 1. The molecule has 0 unspecified atom stereocenters. The quantitative estimate of drug-likeness (QED) is 0.613. The maximum absolute atomic E-state index is 11.4. The summed E-state index contributed by atoms with van der Waals surface area (Å²) >= 11 is 5.40. The molecule has 0 aliphatic heterocycles. The van der Waals surface area contributed by atoms with Crippen molar-refractivity contribution in [1.82, 2.24) is 0 Å². The number of ketones is 1. The smallest absolute Gasteiger partial charge is 0.167 e. The molecule has 1 rings (SSSR count). The molecule has 0 radical (unpaired) electrons. The summed E-state index contributed by atoms with van der Waals surface area (Å²) in [5.74, 6) is -0.311. The molecule has 0 aliphatic carbocycles. The van der Waals surface area contributed by atoms with Crippen LogP contribution in [-0.2, 0) is 0 Å². The Morgan fingerprint density at radius 2 is 2.29 bits per heavy atom. The van der Waals surface area contributed by atoms with Crippen LogP contribution in [0.2, 0.25) is 0 Å². The maximum atomic E-state index is 11.4. The van der Waals surface area contributed by atoms with Crippen molar-refractivity contribution in [1.29, 1.82) is 5.26 Å². The average molecular weight is 210 g/mol. The van der Waals surface area contributed by atoms with Crippen LogP contribution >= 0.6 is 11.6 Å². The number of nitriles is 1. The number of benzene rings is 1. The third-order valence-corrected chi connectivity index (χ3v) is 1.97. The van der Waals surface area contributed by atoms with Crippen LogP contribution in [0.25, 0.3) is 0 Å². The average Bonchev–Trinajstić information content (AvgIpc) is 2.18. The summed E-state index contributed by atoms with van der Waals surface area (Å²) in [6, 6.07) is 6.28. The predicted octanol–water partition coefficient (Wildman–Crippen LogP) is 2.08. The molecular formula is C10H8ClNO2. The van der Waals surface area contributed by atoms with E-state index in [0.717, 1.165) is 0 Å². The van der Waals surface area contributed by atoms with Crippen LogP contribution in [0.3, 0.4) is 0 Å². The molecule has 1 aromatic carbocycles. The molecule has 1 N–H and O–H groups in total. The number of hydrogen-bond donors (Lipinski definition) is 1. The van der Waals surface area contributed by atoms with Crippen molar-refractivity contribution >= 4 is 17.4 Å². The number of phenolic OH excluding ortho intramolecular Hbond substituents is 1. The Balaban J connectivity index is 3.11. The highest BCUT2D eigenvalue weighted by Gasteiger charge is 2.12. The first-order valence-corrected chi connectivity index (χ1v) is 4.55. The van der Waals surface area contributed by atoms with Crippen LogP contribution in [0.4, 0.5) is 0 Å². The van der Waals surface area contributed by atoms with Gasteiger partial charge in [0.2, 0.25) is 0 Å². The van der Waals surface area contributed by atoms with Crippen LogP contribution in [0.1, 0.15) is 22.3 Å². The summed E-state index contributed by atoms with van der Waals surface area (Å²) < 4.78 is 0. The largest absolute Gasteiger partial charge is 0.506 e. The minimum Gasteiger partial charge on any atom is -0.506 e. The van der Waals surface area contributed by atoms with E-state index in [1.54, 1.807) is 12.1 Å². The number of rotatable bonds is 3. The fraction of sp³-hybridized carbons (Fsp3) is 0.200. The van der Waals surface area contributed by atoms with Gasteiger partial charge in [-0.15, -0.1) is 11.6 Å². The third kappa shape index (κ3) is 2.04. The van der Waals surface area contributed by atoms with Crippen LogP contribution in [0, 0.1) is 11.3 Å². The van der Waals surface area contributed by atoms with Crippen molar-refractivity contribution in [2.75, 3.05) is 5.88 Å². The second-order valence-electron chi connectivity index (χ2n) is 2.68. The Morgan fingerprint density at radius 1 is 1.57 bits per heavy atom. The molecule has 1 aromatic rings. The summed E-state index contributed by atoms with van der Waals surface area (Å²) in [4.78, 5) is 11.4. The highest BCUT2D eigenvalue weighted by molar-refractivity contribution is 6.19. The predicted molar refractivity (Wildman–Crippen MR) is 52.5 cm³/mol. The normalized spacial score (nSPS) is 9.43. The minimum atomic E-state index is -0.259. The number of Topliss-reactive ketones (excluding diaryl/α,β-unsaturated/α-hetero) is 1. The molecule has 0 amide bonds. The zero-order valence-electron chi connectivity index (χ0n) is 7.33. The minimum absolute atomic E-state index is 0.102. The highest BCUT2D eigenvalue weighted by Crippen LogP contribution is 2.22. The van der Waals surface area contributed by atoms with Crippen molar-refractivity contribution in [3.05, 3.63) is 29.3 Å². The SMILES string of the molecule is N#Cc1cccc(C(=O)CCCl)c1O. The lowest BCUT2D eigenvalue weighted by Crippen LogP contribution is -2.00. The fourth-order valence-corrected chi connectivity index (χ4v) is 1.25. The lowest BCUT2D eigenvalue weighted by Gasteiger charge is -2.02. The van der Waals surface area contributed by atoms with Gasteiger partial charge in [-0.3, -0.25) is 4.79 Å². The van der Waals surface area contributed by atoms with E-state index in [9.17, 15) is 9.90 Å². The molecule has 0 saturated heterocycles. The number of carbonyl (C=O) groups is 1. The van der Waals surface area contributed by atoms with Gasteiger partial charge in [-0.1, -0.05) is 6.07 Å². The van der Waals surface area contributed by atoms with E-state index >= 15 is 0 Å². The van der Waals surface area contributed by atoms with Gasteiger partial charge in [-0.25, -0.2) is 0 Å². The number of phenols is 1. The summed E-state index contributed by atoms with van der Waals surface area (Å²) in [6.45, 7) is 0. The first-order valence-electron chi connectivity index (χ1n) is 4.02. The Bertz CT molecular complexity index is 396. The van der Waals surface area contributed by atoms with Gasteiger partial charge in [0.05, 0.1) is 11.1 Å². The van der Waals surface area contributed by atoms with Crippen molar-refractivity contribution in [2.24, 2.45) is 0 Å². The number of hydrogen-bond acceptors (Lipinski definition) is 3. The zero-order valence-corrected chi connectivity index (χ0v) is 8.08. The summed E-state index contributed by atoms with van der Waals surface area (Å²) in [5, 5.41) is 18.1. The monoisotopic (exact) mass is 209 g/mol. The van der Waals surface area contributed by atoms with E-state index in [1.807, 2.05) is 0 Å². The molecule has 0 saturated carbocycles. The molecule has 0 spiro atoms. The molecule has 0 bridgehead atoms. The highest BCUT2D eigenvalue weighted by atomic mass is 35.5. The van der Waals surface area contributed by atoms with Crippen molar-refractivity contribution in [2.45, 2.75) is 6.42 Å². The molecule has 14 heavy (non-hydrogen) atoms. The van der Waals surface area contributed by atoms with Crippen LogP contribution < -0.4 is 0 Å². The molecule has 0 aromatic heterocycles. The van der Waals surface area contributed by atoms with Crippen molar-refractivity contribution in [3.8, 4) is 11.8 Å². The number of para-hydroxylation sites is 1. The van der Waals surface area contributed by atoms with Gasteiger partial charge in [0.25, 0.3) is 0 Å². The number of aromatic hydroxyl groups is 1. The standard InChI is InChI=1S/C10H8ClNO2/c11-5-4-9(13)8-3-1-2-7(6-12)10(8)14/h1-3,14H,4-5H2. The summed E-state index contributed by atoms with van der Waals surface area (Å²) in [6.07, 6.45) is 0.157. The third-order valence-electron chi connectivity index (χ3n) is 1.78. The van der Waals surface area contributed by atoms with Gasteiger partial charge >= 0.3 is 0 Å². The van der Waals surface area contributed by atoms with E-state index < -0.39 is 0 Å². The first-order chi connectivity index (χ1) is 6.70. The lowest BCUT2D eigenvalue weighted by atomic mass is 10.0. The van der Waals surface area contributed by atoms with Gasteiger partial charge < -0.3 is 5.11 Å². The van der Waals surface area contributed by atoms with Gasteiger partial charge in [0, 0.05) is 12.3 Å². The molecule has 0 atom stereocenters. The lowest BCUT2D eigenvalue weighted by molar-refractivity contribution is 0.0986. The molecule has 3 nitrogen and oxygen atoms in total. The Morgan fingerprint density at radius 3 is 2.86 bits per heavy atom. The topological polar surface area (TPSA) is 61.1 Å². The van der Waals surface area contributed by atoms with E-state index in [2.05, 4.69) is 0 Å². The van der Waals surface area contributed by atoms with E-state index in [1.165, 1.54) is 12.1 Å². The van der Waals surface area contributed by atoms with E-state index in [0.29, 0.717) is 0 Å². The number of nitrogens with zero attached hydrogens (tertiary/aromatic N) is 1. The first kappa shape index (κ1) is 10.6. The van der Waals surface area contributed by atoms with Crippen molar-refractivity contribution < 1.29 is 9.90 Å². The molecule has 4 heteroatoms. The van der Waals surface area contributed by atoms with Crippen LogP contribution in [-0.4, -0.2) is 16.8 Å². The van der Waals surface area contributed by atoms with Gasteiger partial charge in [0.15, 0.2) is 5.78 Å². The summed E-state index contributed by atoms with van der Waals surface area (Å²) in [7, 11) is 0. The van der Waals surface area contributed by atoms with Crippen LogP contribution in [0.5, 0.6) is 5.75 Å². The van der Waals surface area contributed by atoms with Gasteiger partial charge in [-0.2, -0.15) is 5.26 Å². The second kappa shape index (κ2) is 4.64. The van der Waals surface area contributed by atoms with Crippen molar-refractivity contribution in [3.63, 3.8) is 0 Å². The Kier molecular flexibility index (Phi) is 3.49. The van der Waals surface area contributed by atoms with Gasteiger partial charge in [-0.05, 0) is 12.1 Å². The summed E-state index contributed by atoms with van der Waals surface area (Å²) in [5.41, 5.74) is 0.259. The second-order valence-corrected chi connectivity index (χ2v) is 3.05. The Labute approximate surface area is 86.5 Å². The maximum Gasteiger partial charge on any atom is 0.167 e. The molecule has 0 fully saturated rings. The zero-order chi connectivity index (χ0) is 10.6.